The van der Waals surface area contributed by atoms with E-state index in [-0.39, 0.29) is 18.9 Å². The van der Waals surface area contributed by atoms with Gasteiger partial charge in [0.1, 0.15) is 16.7 Å². The van der Waals surface area contributed by atoms with Crippen molar-refractivity contribution in [2.45, 2.75) is 6.42 Å². The SMILES string of the molecule is COc1ccc2cc(/C=N/NC(=O)CCOc3ccccc3)c(Cl)nc2c1. The highest BCUT2D eigenvalue weighted by Crippen LogP contribution is 2.23. The van der Waals surface area contributed by atoms with Crippen LogP contribution in [0.3, 0.4) is 0 Å². The molecule has 138 valence electrons. The van der Waals surface area contributed by atoms with Gasteiger partial charge in [-0.3, -0.25) is 4.79 Å². The average molecular weight is 384 g/mol. The number of carbonyl (C=O) groups is 1. The Bertz CT molecular complexity index is 961. The van der Waals surface area contributed by atoms with Gasteiger partial charge < -0.3 is 9.47 Å². The van der Waals surface area contributed by atoms with E-state index in [1.807, 2.05) is 48.5 Å². The number of methoxy groups -OCH3 is 1. The minimum Gasteiger partial charge on any atom is -0.497 e. The number of para-hydroxylation sites is 1. The number of carbonyl (C=O) groups excluding carboxylic acids is 1. The van der Waals surface area contributed by atoms with Crippen LogP contribution >= 0.6 is 11.6 Å². The van der Waals surface area contributed by atoms with Gasteiger partial charge in [0.05, 0.1) is 31.9 Å². The Morgan fingerprint density at radius 2 is 2.00 bits per heavy atom. The lowest BCUT2D eigenvalue weighted by molar-refractivity contribution is -0.121. The van der Waals surface area contributed by atoms with Gasteiger partial charge in [0.15, 0.2) is 0 Å². The summed E-state index contributed by atoms with van der Waals surface area (Å²) >= 11 is 6.19. The largest absolute Gasteiger partial charge is 0.497 e. The summed E-state index contributed by atoms with van der Waals surface area (Å²) in [5.74, 6) is 1.17. The Morgan fingerprint density at radius 1 is 1.19 bits per heavy atom. The van der Waals surface area contributed by atoms with Crippen LogP contribution in [0.15, 0.2) is 59.7 Å². The number of nitrogens with one attached hydrogen (secondary N) is 1. The molecule has 0 bridgehead atoms. The Hall–Kier alpha value is -3.12. The van der Waals surface area contributed by atoms with Gasteiger partial charge in [-0.25, -0.2) is 10.4 Å². The van der Waals surface area contributed by atoms with E-state index in [1.54, 1.807) is 13.2 Å². The fourth-order valence-corrected chi connectivity index (χ4v) is 2.56. The normalized spacial score (nSPS) is 10.9. The third kappa shape index (κ3) is 5.18. The van der Waals surface area contributed by atoms with Crippen LogP contribution in [0, 0.1) is 0 Å². The van der Waals surface area contributed by atoms with E-state index >= 15 is 0 Å². The molecule has 3 aromatic rings. The first-order valence-electron chi connectivity index (χ1n) is 8.30. The number of rotatable bonds is 7. The fraction of sp³-hybridized carbons (Fsp3) is 0.150. The molecule has 0 spiro atoms. The van der Waals surface area contributed by atoms with Crippen molar-refractivity contribution < 1.29 is 14.3 Å². The van der Waals surface area contributed by atoms with Crippen molar-refractivity contribution in [3.8, 4) is 11.5 Å². The summed E-state index contributed by atoms with van der Waals surface area (Å²) in [6, 6.07) is 16.7. The zero-order valence-electron chi connectivity index (χ0n) is 14.7. The summed E-state index contributed by atoms with van der Waals surface area (Å²) in [6.07, 6.45) is 1.66. The van der Waals surface area contributed by atoms with Gasteiger partial charge in [0.2, 0.25) is 5.91 Å². The van der Waals surface area contributed by atoms with Crippen molar-refractivity contribution in [2.75, 3.05) is 13.7 Å². The predicted molar refractivity (Wildman–Crippen MR) is 106 cm³/mol. The van der Waals surface area contributed by atoms with Crippen LogP contribution in [0.25, 0.3) is 10.9 Å². The van der Waals surface area contributed by atoms with E-state index in [0.29, 0.717) is 16.5 Å². The Morgan fingerprint density at radius 3 is 2.78 bits per heavy atom. The lowest BCUT2D eigenvalue weighted by atomic mass is 10.1. The maximum absolute atomic E-state index is 11.8. The summed E-state index contributed by atoms with van der Waals surface area (Å²) in [5, 5.41) is 5.12. The monoisotopic (exact) mass is 383 g/mol. The standard InChI is InChI=1S/C20H18ClN3O3/c1-26-17-8-7-14-11-15(20(21)23-18(14)12-17)13-22-24-19(25)9-10-27-16-5-3-2-4-6-16/h2-8,11-13H,9-10H2,1H3,(H,24,25)/b22-13+. The third-order valence-corrected chi connectivity index (χ3v) is 4.04. The second-order valence-corrected chi connectivity index (χ2v) is 5.99. The van der Waals surface area contributed by atoms with Gasteiger partial charge in [-0.2, -0.15) is 5.10 Å². The highest BCUT2D eigenvalue weighted by atomic mass is 35.5. The molecule has 1 N–H and O–H groups in total. The van der Waals surface area contributed by atoms with Gasteiger partial charge in [-0.1, -0.05) is 29.8 Å². The van der Waals surface area contributed by atoms with Crippen LogP contribution in [-0.2, 0) is 4.79 Å². The molecule has 0 radical (unpaired) electrons. The number of hydrazone groups is 1. The van der Waals surface area contributed by atoms with E-state index in [2.05, 4.69) is 15.5 Å². The number of ether oxygens (including phenoxy) is 2. The van der Waals surface area contributed by atoms with Crippen LogP contribution in [0.1, 0.15) is 12.0 Å². The molecule has 27 heavy (non-hydrogen) atoms. The molecule has 2 aromatic carbocycles. The lowest BCUT2D eigenvalue weighted by Gasteiger charge is -2.05. The van der Waals surface area contributed by atoms with E-state index in [4.69, 9.17) is 21.1 Å². The molecule has 0 fully saturated rings. The predicted octanol–water partition coefficient (Wildman–Crippen LogP) is 3.82. The van der Waals surface area contributed by atoms with Gasteiger partial charge in [-0.05, 0) is 30.3 Å². The first-order chi connectivity index (χ1) is 13.2. The molecule has 6 nitrogen and oxygen atoms in total. The van der Waals surface area contributed by atoms with Gasteiger partial charge in [0, 0.05) is 17.0 Å². The maximum Gasteiger partial charge on any atom is 0.243 e. The molecule has 0 atom stereocenters. The zero-order valence-corrected chi connectivity index (χ0v) is 15.4. The van der Waals surface area contributed by atoms with Crippen LogP contribution in [0.5, 0.6) is 11.5 Å². The number of hydrogen-bond acceptors (Lipinski definition) is 5. The van der Waals surface area contributed by atoms with Crippen molar-refractivity contribution in [1.82, 2.24) is 10.4 Å². The number of hydrogen-bond donors (Lipinski definition) is 1. The Kier molecular flexibility index (Phi) is 6.22. The first kappa shape index (κ1) is 18.7. The molecule has 0 saturated heterocycles. The van der Waals surface area contributed by atoms with E-state index in [9.17, 15) is 4.79 Å². The Balaban J connectivity index is 1.55. The van der Waals surface area contributed by atoms with Gasteiger partial charge in [-0.15, -0.1) is 0 Å². The van der Waals surface area contributed by atoms with Gasteiger partial charge >= 0.3 is 0 Å². The minimum atomic E-state index is -0.253. The molecule has 0 unspecified atom stereocenters. The summed E-state index contributed by atoms with van der Waals surface area (Å²) in [5.41, 5.74) is 3.78. The molecule has 7 heteroatoms. The molecular formula is C20H18ClN3O3. The number of amides is 1. The molecule has 0 saturated carbocycles. The molecule has 3 rings (SSSR count). The summed E-state index contributed by atoms with van der Waals surface area (Å²) in [6.45, 7) is 0.269. The number of aromatic nitrogens is 1. The topological polar surface area (TPSA) is 72.8 Å². The van der Waals surface area contributed by atoms with Crippen molar-refractivity contribution in [3.05, 3.63) is 65.3 Å². The average Bonchev–Trinajstić information content (AvgIpc) is 2.69. The van der Waals surface area contributed by atoms with Crippen LogP contribution < -0.4 is 14.9 Å². The lowest BCUT2D eigenvalue weighted by Crippen LogP contribution is -2.20. The van der Waals surface area contributed by atoms with Gasteiger partial charge in [0.25, 0.3) is 0 Å². The quantitative estimate of drug-likeness (QED) is 0.382. The van der Waals surface area contributed by atoms with Crippen LogP contribution in [-0.4, -0.2) is 30.8 Å². The molecule has 0 aliphatic heterocycles. The smallest absolute Gasteiger partial charge is 0.243 e. The zero-order chi connectivity index (χ0) is 19.1. The van der Waals surface area contributed by atoms with E-state index in [0.717, 1.165) is 16.7 Å². The van der Waals surface area contributed by atoms with Crippen molar-refractivity contribution in [3.63, 3.8) is 0 Å². The molecule has 0 aliphatic rings. The van der Waals surface area contributed by atoms with Crippen LogP contribution in [0.2, 0.25) is 5.15 Å². The summed E-state index contributed by atoms with van der Waals surface area (Å²) in [4.78, 5) is 16.2. The number of fused-ring (bicyclic) bond motifs is 1. The van der Waals surface area contributed by atoms with Crippen LogP contribution in [0.4, 0.5) is 0 Å². The summed E-state index contributed by atoms with van der Waals surface area (Å²) < 4.78 is 10.7. The minimum absolute atomic E-state index is 0.190. The second-order valence-electron chi connectivity index (χ2n) is 5.63. The van der Waals surface area contributed by atoms with Crippen molar-refractivity contribution in [1.29, 1.82) is 0 Å². The molecule has 1 heterocycles. The highest BCUT2D eigenvalue weighted by molar-refractivity contribution is 6.32. The van der Waals surface area contributed by atoms with Crippen molar-refractivity contribution in [2.24, 2.45) is 5.10 Å². The number of nitrogens with zero attached hydrogens (tertiary/aromatic N) is 2. The molecular weight excluding hydrogens is 366 g/mol. The second kappa shape index (κ2) is 9.00. The number of halogens is 1. The molecule has 1 aromatic heterocycles. The molecule has 1 amide bonds. The third-order valence-electron chi connectivity index (χ3n) is 3.74. The highest BCUT2D eigenvalue weighted by Gasteiger charge is 2.05. The summed E-state index contributed by atoms with van der Waals surface area (Å²) in [7, 11) is 1.59. The maximum atomic E-state index is 11.8. The first-order valence-corrected chi connectivity index (χ1v) is 8.67. The Labute approximate surface area is 161 Å². The number of benzene rings is 2. The number of pyridine rings is 1. The fourth-order valence-electron chi connectivity index (χ4n) is 2.37. The van der Waals surface area contributed by atoms with E-state index in [1.165, 1.54) is 6.21 Å². The molecule has 0 aliphatic carbocycles. The van der Waals surface area contributed by atoms with E-state index < -0.39 is 0 Å². The van der Waals surface area contributed by atoms with Crippen molar-refractivity contribution >= 4 is 34.6 Å².